The number of carbonyl (C=O) groups is 1. The Balaban J connectivity index is 1.64. The van der Waals surface area contributed by atoms with Gasteiger partial charge in [0.1, 0.15) is 0 Å². The Labute approximate surface area is 172 Å². The minimum Gasteiger partial charge on any atom is -0.378 e. The second-order valence-electron chi connectivity index (χ2n) is 7.99. The molecule has 2 aliphatic rings. The molecule has 0 bridgehead atoms. The standard InChI is InChI=1S/C22H29N5O2/c1-16-5-6-23-19(12-16)13-20-14-21(18-4-3-7-27(15-18)17(2)28)25-22(24-20)26-8-10-29-11-9-26/h5-6,12,14,18H,3-4,7-11,13,15H2,1-2H3. The lowest BCUT2D eigenvalue weighted by molar-refractivity contribution is -0.130. The van der Waals surface area contributed by atoms with Gasteiger partial charge in [-0.2, -0.15) is 0 Å². The van der Waals surface area contributed by atoms with Crippen LogP contribution in [0.5, 0.6) is 0 Å². The largest absolute Gasteiger partial charge is 0.378 e. The molecule has 7 nitrogen and oxygen atoms in total. The number of morpholine rings is 1. The highest BCUT2D eigenvalue weighted by Gasteiger charge is 2.26. The highest BCUT2D eigenvalue weighted by Crippen LogP contribution is 2.28. The molecule has 0 saturated carbocycles. The number of aryl methyl sites for hydroxylation is 1. The average Bonchev–Trinajstić information content (AvgIpc) is 2.74. The average molecular weight is 396 g/mol. The first-order chi connectivity index (χ1) is 14.1. The summed E-state index contributed by atoms with van der Waals surface area (Å²) in [5.74, 6) is 1.16. The summed E-state index contributed by atoms with van der Waals surface area (Å²) in [6.07, 6.45) is 4.58. The number of anilines is 1. The third kappa shape index (κ3) is 4.90. The van der Waals surface area contributed by atoms with Gasteiger partial charge in [-0.05, 0) is 43.5 Å². The number of rotatable bonds is 4. The predicted molar refractivity (Wildman–Crippen MR) is 111 cm³/mol. The molecule has 29 heavy (non-hydrogen) atoms. The molecule has 4 heterocycles. The zero-order chi connectivity index (χ0) is 20.2. The maximum atomic E-state index is 11.9. The smallest absolute Gasteiger partial charge is 0.225 e. The van der Waals surface area contributed by atoms with E-state index in [9.17, 15) is 4.79 Å². The molecule has 2 aliphatic heterocycles. The summed E-state index contributed by atoms with van der Waals surface area (Å²) < 4.78 is 5.50. The lowest BCUT2D eigenvalue weighted by Crippen LogP contribution is -2.39. The third-order valence-corrected chi connectivity index (χ3v) is 5.70. The zero-order valence-electron chi connectivity index (χ0n) is 17.3. The summed E-state index contributed by atoms with van der Waals surface area (Å²) in [6, 6.07) is 6.23. The molecule has 0 spiro atoms. The van der Waals surface area contributed by atoms with Crippen LogP contribution in [0.25, 0.3) is 0 Å². The normalized spacial score (nSPS) is 20.0. The molecule has 0 radical (unpaired) electrons. The Morgan fingerprint density at radius 2 is 2.00 bits per heavy atom. The summed E-state index contributed by atoms with van der Waals surface area (Å²) in [4.78, 5) is 30.3. The minimum atomic E-state index is 0.140. The molecule has 1 atom stereocenters. The second-order valence-corrected chi connectivity index (χ2v) is 7.99. The molecule has 2 fully saturated rings. The molecule has 0 N–H and O–H groups in total. The van der Waals surface area contributed by atoms with Crippen LogP contribution in [0.1, 0.15) is 48.3 Å². The van der Waals surface area contributed by atoms with Gasteiger partial charge in [0.05, 0.1) is 24.6 Å². The Morgan fingerprint density at radius 1 is 1.17 bits per heavy atom. The fraction of sp³-hybridized carbons (Fsp3) is 0.545. The number of likely N-dealkylation sites (tertiary alicyclic amines) is 1. The Bertz CT molecular complexity index is 866. The van der Waals surface area contributed by atoms with Crippen molar-refractivity contribution in [3.63, 3.8) is 0 Å². The lowest BCUT2D eigenvalue weighted by Gasteiger charge is -2.33. The van der Waals surface area contributed by atoms with Crippen molar-refractivity contribution in [3.8, 4) is 0 Å². The fourth-order valence-electron chi connectivity index (χ4n) is 4.09. The van der Waals surface area contributed by atoms with Crippen molar-refractivity contribution in [3.05, 3.63) is 47.0 Å². The van der Waals surface area contributed by atoms with Crippen LogP contribution >= 0.6 is 0 Å². The Kier molecular flexibility index (Phi) is 6.04. The van der Waals surface area contributed by atoms with Crippen LogP contribution < -0.4 is 4.90 Å². The van der Waals surface area contributed by atoms with Gasteiger partial charge >= 0.3 is 0 Å². The van der Waals surface area contributed by atoms with Crippen molar-refractivity contribution < 1.29 is 9.53 Å². The van der Waals surface area contributed by atoms with E-state index in [0.29, 0.717) is 19.6 Å². The van der Waals surface area contributed by atoms with Crippen molar-refractivity contribution in [2.75, 3.05) is 44.3 Å². The van der Waals surface area contributed by atoms with Gasteiger partial charge in [-0.1, -0.05) is 0 Å². The summed E-state index contributed by atoms with van der Waals surface area (Å²) >= 11 is 0. The summed E-state index contributed by atoms with van der Waals surface area (Å²) in [6.45, 7) is 8.30. The van der Waals surface area contributed by atoms with Gasteiger partial charge in [-0.15, -0.1) is 0 Å². The maximum absolute atomic E-state index is 11.9. The SMILES string of the molecule is CC(=O)N1CCCC(c2cc(Cc3cc(C)ccn3)nc(N3CCOCC3)n2)C1. The quantitative estimate of drug-likeness (QED) is 0.791. The Morgan fingerprint density at radius 3 is 2.76 bits per heavy atom. The third-order valence-electron chi connectivity index (χ3n) is 5.70. The zero-order valence-corrected chi connectivity index (χ0v) is 17.3. The van der Waals surface area contributed by atoms with E-state index >= 15 is 0 Å². The van der Waals surface area contributed by atoms with Crippen molar-refractivity contribution >= 4 is 11.9 Å². The number of hydrogen-bond donors (Lipinski definition) is 0. The van der Waals surface area contributed by atoms with Gasteiger partial charge in [-0.3, -0.25) is 9.78 Å². The van der Waals surface area contributed by atoms with Crippen LogP contribution in [0.15, 0.2) is 24.4 Å². The monoisotopic (exact) mass is 395 g/mol. The number of amides is 1. The van der Waals surface area contributed by atoms with Gasteiger partial charge < -0.3 is 14.5 Å². The van der Waals surface area contributed by atoms with Gasteiger partial charge in [0, 0.05) is 57.3 Å². The molecule has 2 saturated heterocycles. The molecule has 0 aromatic carbocycles. The topological polar surface area (TPSA) is 71.5 Å². The van der Waals surface area contributed by atoms with Crippen LogP contribution in [-0.4, -0.2) is 65.2 Å². The van der Waals surface area contributed by atoms with Gasteiger partial charge in [-0.25, -0.2) is 9.97 Å². The van der Waals surface area contributed by atoms with Crippen molar-refractivity contribution in [2.45, 2.75) is 39.0 Å². The number of carbonyl (C=O) groups excluding carboxylic acids is 1. The van der Waals surface area contributed by atoms with E-state index in [1.54, 1.807) is 6.92 Å². The maximum Gasteiger partial charge on any atom is 0.225 e. The number of ether oxygens (including phenoxy) is 1. The molecule has 0 aliphatic carbocycles. The van der Waals surface area contributed by atoms with E-state index in [1.165, 1.54) is 5.56 Å². The van der Waals surface area contributed by atoms with E-state index in [1.807, 2.05) is 17.2 Å². The molecule has 4 rings (SSSR count). The summed E-state index contributed by atoms with van der Waals surface area (Å²) in [5.41, 5.74) is 4.23. The first kappa shape index (κ1) is 19.8. The van der Waals surface area contributed by atoms with E-state index < -0.39 is 0 Å². The van der Waals surface area contributed by atoms with E-state index in [2.05, 4.69) is 28.9 Å². The van der Waals surface area contributed by atoms with E-state index in [4.69, 9.17) is 14.7 Å². The number of nitrogens with zero attached hydrogens (tertiary/aromatic N) is 5. The molecule has 1 unspecified atom stereocenters. The van der Waals surface area contributed by atoms with Gasteiger partial charge in [0.25, 0.3) is 0 Å². The summed E-state index contributed by atoms with van der Waals surface area (Å²) in [7, 11) is 0. The first-order valence-electron chi connectivity index (χ1n) is 10.5. The highest BCUT2D eigenvalue weighted by atomic mass is 16.5. The molecule has 2 aromatic heterocycles. The highest BCUT2D eigenvalue weighted by molar-refractivity contribution is 5.73. The first-order valence-corrected chi connectivity index (χ1v) is 10.5. The molecular weight excluding hydrogens is 366 g/mol. The number of piperidine rings is 1. The van der Waals surface area contributed by atoms with Gasteiger partial charge in [0.15, 0.2) is 0 Å². The van der Waals surface area contributed by atoms with Crippen LogP contribution in [0.2, 0.25) is 0 Å². The van der Waals surface area contributed by atoms with Gasteiger partial charge in [0.2, 0.25) is 11.9 Å². The van der Waals surface area contributed by atoms with Crippen LogP contribution in [0.3, 0.4) is 0 Å². The number of pyridine rings is 1. The fourth-order valence-corrected chi connectivity index (χ4v) is 4.09. The molecule has 2 aromatic rings. The van der Waals surface area contributed by atoms with Crippen LogP contribution in [-0.2, 0) is 16.0 Å². The molecule has 154 valence electrons. The van der Waals surface area contributed by atoms with Crippen molar-refractivity contribution in [2.24, 2.45) is 0 Å². The molecule has 1 amide bonds. The van der Waals surface area contributed by atoms with Crippen LogP contribution in [0.4, 0.5) is 5.95 Å². The minimum absolute atomic E-state index is 0.140. The van der Waals surface area contributed by atoms with Crippen molar-refractivity contribution in [1.82, 2.24) is 19.9 Å². The molecule has 7 heteroatoms. The lowest BCUT2D eigenvalue weighted by atomic mass is 9.93. The second kappa shape index (κ2) is 8.86. The number of hydrogen-bond acceptors (Lipinski definition) is 6. The summed E-state index contributed by atoms with van der Waals surface area (Å²) in [5, 5.41) is 0. The number of aromatic nitrogens is 3. The van der Waals surface area contributed by atoms with E-state index in [0.717, 1.165) is 62.1 Å². The predicted octanol–water partition coefficient (Wildman–Crippen LogP) is 2.33. The molecular formula is C22H29N5O2. The van der Waals surface area contributed by atoms with Crippen molar-refractivity contribution in [1.29, 1.82) is 0 Å². The van der Waals surface area contributed by atoms with E-state index in [-0.39, 0.29) is 11.8 Å². The van der Waals surface area contributed by atoms with Crippen LogP contribution in [0, 0.1) is 6.92 Å². The Hall–Kier alpha value is -2.54.